The zero-order chi connectivity index (χ0) is 24.6. The molecule has 0 atom stereocenters. The van der Waals surface area contributed by atoms with Gasteiger partial charge in [0.2, 0.25) is 5.91 Å². The molecule has 0 bridgehead atoms. The highest BCUT2D eigenvalue weighted by molar-refractivity contribution is 7.92. The fourth-order valence-electron chi connectivity index (χ4n) is 3.23. The molecule has 14 heteroatoms. The maximum atomic E-state index is 13.0. The van der Waals surface area contributed by atoms with Gasteiger partial charge in [0, 0.05) is 12.6 Å². The first-order valence-corrected chi connectivity index (χ1v) is 12.6. The van der Waals surface area contributed by atoms with E-state index in [2.05, 4.69) is 15.6 Å². The minimum Gasteiger partial charge on any atom is -0.387 e. The van der Waals surface area contributed by atoms with Crippen molar-refractivity contribution in [2.75, 3.05) is 22.6 Å². The Morgan fingerprint density at radius 3 is 2.53 bits per heavy atom. The Labute approximate surface area is 207 Å². The minimum atomic E-state index is -4.10. The molecule has 0 aliphatic carbocycles. The standard InChI is InChI=1S/C20H15Cl2N5O5S2/c1-23-14-6-10-7-17(28)27(19(29)12(10)8-13(14)21)16-4-2-11(9-24-16)25-20(30)26-34(31,32)18-5-3-15(22)33-18/h2-6,8-9,23H,7H2,1H3,(H2,25,26,30). The van der Waals surface area contributed by atoms with Gasteiger partial charge in [-0.05, 0) is 42.0 Å². The lowest BCUT2D eigenvalue weighted by molar-refractivity contribution is -0.117. The van der Waals surface area contributed by atoms with Crippen molar-refractivity contribution in [1.29, 1.82) is 0 Å². The molecule has 0 unspecified atom stereocenters. The van der Waals surface area contributed by atoms with E-state index in [1.807, 2.05) is 4.72 Å². The molecule has 4 rings (SSSR count). The molecule has 0 saturated carbocycles. The van der Waals surface area contributed by atoms with Crippen molar-refractivity contribution in [2.24, 2.45) is 0 Å². The molecule has 176 valence electrons. The summed E-state index contributed by atoms with van der Waals surface area (Å²) in [7, 11) is -2.42. The largest absolute Gasteiger partial charge is 0.387 e. The van der Waals surface area contributed by atoms with Crippen LogP contribution in [0.1, 0.15) is 15.9 Å². The van der Waals surface area contributed by atoms with Crippen LogP contribution in [0.4, 0.5) is 22.0 Å². The number of aromatic nitrogens is 1. The number of rotatable bonds is 5. The maximum Gasteiger partial charge on any atom is 0.333 e. The Hall–Kier alpha value is -3.19. The van der Waals surface area contributed by atoms with Crippen LogP contribution >= 0.6 is 34.5 Å². The van der Waals surface area contributed by atoms with E-state index in [9.17, 15) is 22.8 Å². The van der Waals surface area contributed by atoms with Gasteiger partial charge in [0.05, 0.1) is 33.4 Å². The van der Waals surface area contributed by atoms with Crippen LogP contribution in [0.15, 0.2) is 46.8 Å². The Bertz CT molecular complexity index is 1420. The summed E-state index contributed by atoms with van der Waals surface area (Å²) in [4.78, 5) is 42.8. The van der Waals surface area contributed by atoms with Gasteiger partial charge >= 0.3 is 6.03 Å². The number of nitrogens with one attached hydrogen (secondary N) is 3. The second-order valence-electron chi connectivity index (χ2n) is 6.97. The third-order valence-corrected chi connectivity index (χ3v) is 8.13. The smallest absolute Gasteiger partial charge is 0.333 e. The lowest BCUT2D eigenvalue weighted by atomic mass is 9.97. The van der Waals surface area contributed by atoms with E-state index in [0.717, 1.165) is 16.2 Å². The van der Waals surface area contributed by atoms with Crippen LogP contribution < -0.4 is 20.3 Å². The van der Waals surface area contributed by atoms with E-state index in [1.165, 1.54) is 36.5 Å². The van der Waals surface area contributed by atoms with Gasteiger partial charge in [0.25, 0.3) is 15.9 Å². The number of fused-ring (bicyclic) bond motifs is 1. The average molecular weight is 540 g/mol. The highest BCUT2D eigenvalue weighted by Crippen LogP contribution is 2.31. The van der Waals surface area contributed by atoms with Gasteiger partial charge in [0.15, 0.2) is 0 Å². The summed E-state index contributed by atoms with van der Waals surface area (Å²) in [5, 5.41) is 5.57. The van der Waals surface area contributed by atoms with E-state index in [-0.39, 0.29) is 32.0 Å². The van der Waals surface area contributed by atoms with E-state index in [1.54, 1.807) is 13.1 Å². The number of sulfonamides is 1. The lowest BCUT2D eigenvalue weighted by Gasteiger charge is -2.26. The number of hydrogen-bond donors (Lipinski definition) is 3. The molecule has 1 aliphatic heterocycles. The van der Waals surface area contributed by atoms with Gasteiger partial charge in [-0.15, -0.1) is 11.3 Å². The van der Waals surface area contributed by atoms with Crippen molar-refractivity contribution in [1.82, 2.24) is 9.71 Å². The van der Waals surface area contributed by atoms with Gasteiger partial charge in [-0.1, -0.05) is 23.2 Å². The highest BCUT2D eigenvalue weighted by atomic mass is 35.5. The molecule has 0 saturated heterocycles. The van der Waals surface area contributed by atoms with Crippen LogP contribution in [0.2, 0.25) is 9.36 Å². The highest BCUT2D eigenvalue weighted by Gasteiger charge is 2.33. The SMILES string of the molecule is CNc1cc2c(cc1Cl)C(=O)N(c1ccc(NC(=O)NS(=O)(=O)c3ccc(Cl)s3)cn1)C(=O)C2. The summed E-state index contributed by atoms with van der Waals surface area (Å²) < 4.78 is 26.4. The number of carbonyl (C=O) groups is 3. The summed E-state index contributed by atoms with van der Waals surface area (Å²) in [5.74, 6) is -1.02. The Kier molecular flexibility index (Phi) is 6.49. The number of thiophene rings is 1. The van der Waals surface area contributed by atoms with Crippen LogP contribution in [0.25, 0.3) is 0 Å². The van der Waals surface area contributed by atoms with Crippen LogP contribution in [-0.2, 0) is 21.2 Å². The number of halogens is 2. The molecule has 3 aromatic rings. The zero-order valence-corrected chi connectivity index (χ0v) is 20.4. The van der Waals surface area contributed by atoms with Gasteiger partial charge < -0.3 is 10.6 Å². The van der Waals surface area contributed by atoms with Gasteiger partial charge in [-0.25, -0.2) is 27.8 Å². The fourth-order valence-corrected chi connectivity index (χ4v) is 5.87. The van der Waals surface area contributed by atoms with Gasteiger partial charge in [0.1, 0.15) is 10.0 Å². The molecule has 0 radical (unpaired) electrons. The number of carbonyl (C=O) groups excluding carboxylic acids is 3. The zero-order valence-electron chi connectivity index (χ0n) is 17.3. The number of anilines is 3. The fraction of sp³-hybridized carbons (Fsp3) is 0.100. The molecule has 3 N–H and O–H groups in total. The van der Waals surface area contributed by atoms with Crippen LogP contribution in [-0.4, -0.2) is 38.3 Å². The summed E-state index contributed by atoms with van der Waals surface area (Å²) in [6.45, 7) is 0. The third-order valence-electron chi connectivity index (χ3n) is 4.76. The molecule has 0 fully saturated rings. The molecule has 10 nitrogen and oxygen atoms in total. The average Bonchev–Trinajstić information content (AvgIpc) is 3.22. The molecule has 3 heterocycles. The van der Waals surface area contributed by atoms with E-state index in [0.29, 0.717) is 16.3 Å². The van der Waals surface area contributed by atoms with Gasteiger partial charge in [-0.3, -0.25) is 9.59 Å². The van der Waals surface area contributed by atoms with E-state index < -0.39 is 27.9 Å². The summed E-state index contributed by atoms with van der Waals surface area (Å²) in [6, 6.07) is 7.53. The van der Waals surface area contributed by atoms with Crippen molar-refractivity contribution < 1.29 is 22.8 Å². The van der Waals surface area contributed by atoms with Gasteiger partial charge in [-0.2, -0.15) is 0 Å². The predicted octanol–water partition coefficient (Wildman–Crippen LogP) is 3.73. The molecular formula is C20H15Cl2N5O5S2. The number of hydrogen-bond acceptors (Lipinski definition) is 8. The normalized spacial score (nSPS) is 13.4. The molecule has 0 spiro atoms. The molecule has 4 amide bonds. The van der Waals surface area contributed by atoms with E-state index in [4.69, 9.17) is 23.2 Å². The summed E-state index contributed by atoms with van der Waals surface area (Å²) >= 11 is 12.7. The van der Waals surface area contributed by atoms with Crippen molar-refractivity contribution in [2.45, 2.75) is 10.6 Å². The first-order chi connectivity index (χ1) is 16.1. The number of benzene rings is 1. The minimum absolute atomic E-state index is 0.0262. The summed E-state index contributed by atoms with van der Waals surface area (Å²) in [6.07, 6.45) is 1.16. The quantitative estimate of drug-likeness (QED) is 0.420. The second-order valence-corrected chi connectivity index (χ2v) is 11.0. The molecule has 1 aliphatic rings. The monoisotopic (exact) mass is 539 g/mol. The number of amides is 4. The number of nitrogens with zero attached hydrogens (tertiary/aromatic N) is 2. The first kappa shape index (κ1) is 24.0. The maximum absolute atomic E-state index is 13.0. The predicted molar refractivity (Wildman–Crippen MR) is 129 cm³/mol. The van der Waals surface area contributed by atoms with Crippen LogP contribution in [0.5, 0.6) is 0 Å². The molecule has 2 aromatic heterocycles. The van der Waals surface area contributed by atoms with Crippen molar-refractivity contribution in [3.05, 3.63) is 63.1 Å². The van der Waals surface area contributed by atoms with E-state index >= 15 is 0 Å². The number of pyridine rings is 1. The Morgan fingerprint density at radius 1 is 1.15 bits per heavy atom. The molecule has 1 aromatic carbocycles. The second kappa shape index (κ2) is 9.22. The number of urea groups is 1. The van der Waals surface area contributed by atoms with Crippen LogP contribution in [0.3, 0.4) is 0 Å². The van der Waals surface area contributed by atoms with Crippen molar-refractivity contribution >= 4 is 79.6 Å². The molecular weight excluding hydrogens is 525 g/mol. The molecule has 34 heavy (non-hydrogen) atoms. The third kappa shape index (κ3) is 4.71. The lowest BCUT2D eigenvalue weighted by Crippen LogP contribution is -2.43. The van der Waals surface area contributed by atoms with Crippen LogP contribution in [0, 0.1) is 0 Å². The first-order valence-electron chi connectivity index (χ1n) is 9.51. The number of imide groups is 1. The van der Waals surface area contributed by atoms with Crippen molar-refractivity contribution in [3.8, 4) is 0 Å². The summed E-state index contributed by atoms with van der Waals surface area (Å²) in [5.41, 5.74) is 1.57. The Balaban J connectivity index is 1.49. The Morgan fingerprint density at radius 2 is 1.91 bits per heavy atom. The van der Waals surface area contributed by atoms with Crippen molar-refractivity contribution in [3.63, 3.8) is 0 Å². The topological polar surface area (TPSA) is 138 Å².